The Morgan fingerprint density at radius 3 is 2.62 bits per heavy atom. The number of carbonyl (C=O) groups excluding carboxylic acids is 1. The minimum atomic E-state index is 0.120. The Hall–Kier alpha value is -2.37. The van der Waals surface area contributed by atoms with Crippen LogP contribution in [-0.4, -0.2) is 33.2 Å². The van der Waals surface area contributed by atoms with Gasteiger partial charge in [-0.25, -0.2) is 4.98 Å². The summed E-state index contributed by atoms with van der Waals surface area (Å²) < 4.78 is 5.95. The van der Waals surface area contributed by atoms with Gasteiger partial charge in [-0.1, -0.05) is 6.07 Å². The van der Waals surface area contributed by atoms with Crippen LogP contribution in [0.15, 0.2) is 18.3 Å². The molecule has 1 amide bonds. The number of rotatable bonds is 6. The molecule has 0 aliphatic heterocycles. The zero-order chi connectivity index (χ0) is 18.5. The second-order valence-electron chi connectivity index (χ2n) is 7.25. The molecule has 0 unspecified atom stereocenters. The van der Waals surface area contributed by atoms with Gasteiger partial charge in [0.2, 0.25) is 11.8 Å². The topological polar surface area (TPSA) is 79.9 Å². The number of aromatic nitrogens is 3. The van der Waals surface area contributed by atoms with Crippen molar-refractivity contribution in [2.24, 2.45) is 0 Å². The van der Waals surface area contributed by atoms with E-state index in [-0.39, 0.29) is 18.1 Å². The van der Waals surface area contributed by atoms with Gasteiger partial charge in [-0.2, -0.15) is 5.10 Å². The molecule has 0 radical (unpaired) electrons. The molecule has 1 aliphatic carbocycles. The lowest BCUT2D eigenvalue weighted by atomic mass is 9.92. The van der Waals surface area contributed by atoms with Crippen LogP contribution in [0.3, 0.4) is 0 Å². The summed E-state index contributed by atoms with van der Waals surface area (Å²) in [6.07, 6.45) is 7.04. The fourth-order valence-corrected chi connectivity index (χ4v) is 3.50. The van der Waals surface area contributed by atoms with E-state index in [2.05, 4.69) is 20.5 Å². The van der Waals surface area contributed by atoms with Crippen molar-refractivity contribution in [3.8, 4) is 5.88 Å². The molecule has 1 fully saturated rings. The number of ether oxygens (including phenoxy) is 1. The number of aromatic amines is 1. The lowest BCUT2D eigenvalue weighted by molar-refractivity contribution is -0.122. The molecule has 0 saturated heterocycles. The van der Waals surface area contributed by atoms with Crippen LogP contribution >= 0.6 is 0 Å². The van der Waals surface area contributed by atoms with Crippen molar-refractivity contribution in [2.45, 2.75) is 71.4 Å². The van der Waals surface area contributed by atoms with Gasteiger partial charge in [0.1, 0.15) is 6.10 Å². The molecule has 2 heterocycles. The Kier molecular flexibility index (Phi) is 5.91. The molecule has 2 aromatic heterocycles. The molecule has 1 aliphatic rings. The van der Waals surface area contributed by atoms with Crippen LogP contribution in [0.5, 0.6) is 5.88 Å². The van der Waals surface area contributed by atoms with Crippen LogP contribution in [0.4, 0.5) is 0 Å². The number of hydrogen-bond donors (Lipinski definition) is 2. The SMILES string of the molecule is Cc1ccc(OC2CCC(NC(=O)CCc3c(C)n[nH]c3C)CC2)nc1. The second kappa shape index (κ2) is 8.34. The first-order valence-corrected chi connectivity index (χ1v) is 9.40. The molecule has 6 heteroatoms. The summed E-state index contributed by atoms with van der Waals surface area (Å²) in [5.41, 5.74) is 4.32. The molecule has 26 heavy (non-hydrogen) atoms. The third kappa shape index (κ3) is 4.84. The molecule has 0 aromatic carbocycles. The Labute approximate surface area is 154 Å². The fraction of sp³-hybridized carbons (Fsp3) is 0.550. The number of H-pyrrole nitrogens is 1. The van der Waals surface area contributed by atoms with Gasteiger partial charge in [0, 0.05) is 30.4 Å². The largest absolute Gasteiger partial charge is 0.474 e. The van der Waals surface area contributed by atoms with Crippen LogP contribution in [-0.2, 0) is 11.2 Å². The van der Waals surface area contributed by atoms with E-state index in [1.165, 1.54) is 0 Å². The van der Waals surface area contributed by atoms with Crippen molar-refractivity contribution in [1.82, 2.24) is 20.5 Å². The minimum absolute atomic E-state index is 0.120. The molecule has 6 nitrogen and oxygen atoms in total. The Bertz CT molecular complexity index is 711. The van der Waals surface area contributed by atoms with Gasteiger partial charge in [-0.3, -0.25) is 9.89 Å². The Morgan fingerprint density at radius 1 is 1.23 bits per heavy atom. The first-order valence-electron chi connectivity index (χ1n) is 9.40. The predicted octanol–water partition coefficient (Wildman–Crippen LogP) is 3.17. The molecular weight excluding hydrogens is 328 g/mol. The highest BCUT2D eigenvalue weighted by molar-refractivity contribution is 5.76. The Balaban J connectivity index is 1.39. The highest BCUT2D eigenvalue weighted by Gasteiger charge is 2.24. The van der Waals surface area contributed by atoms with Crippen LogP contribution < -0.4 is 10.1 Å². The van der Waals surface area contributed by atoms with E-state index in [1.807, 2.05) is 39.1 Å². The van der Waals surface area contributed by atoms with Crippen molar-refractivity contribution in [3.05, 3.63) is 40.8 Å². The fourth-order valence-electron chi connectivity index (χ4n) is 3.50. The van der Waals surface area contributed by atoms with Crippen LogP contribution in [0.25, 0.3) is 0 Å². The summed E-state index contributed by atoms with van der Waals surface area (Å²) in [5.74, 6) is 0.809. The molecule has 3 rings (SSSR count). The molecular formula is C20H28N4O2. The number of pyridine rings is 1. The van der Waals surface area contributed by atoms with Crippen molar-refractivity contribution >= 4 is 5.91 Å². The zero-order valence-corrected chi connectivity index (χ0v) is 15.8. The number of amides is 1. The summed E-state index contributed by atoms with van der Waals surface area (Å²) in [6.45, 7) is 5.98. The predicted molar refractivity (Wildman–Crippen MR) is 100 cm³/mol. The normalized spacial score (nSPS) is 20.0. The smallest absolute Gasteiger partial charge is 0.220 e. The number of nitrogens with one attached hydrogen (secondary N) is 2. The van der Waals surface area contributed by atoms with E-state index in [0.29, 0.717) is 12.3 Å². The summed E-state index contributed by atoms with van der Waals surface area (Å²) in [5, 5.41) is 10.3. The van der Waals surface area contributed by atoms with E-state index in [9.17, 15) is 4.79 Å². The van der Waals surface area contributed by atoms with E-state index >= 15 is 0 Å². The molecule has 0 bridgehead atoms. The lowest BCUT2D eigenvalue weighted by Gasteiger charge is -2.29. The monoisotopic (exact) mass is 356 g/mol. The summed E-state index contributed by atoms with van der Waals surface area (Å²) in [4.78, 5) is 16.6. The van der Waals surface area contributed by atoms with Gasteiger partial charge >= 0.3 is 0 Å². The van der Waals surface area contributed by atoms with Crippen molar-refractivity contribution < 1.29 is 9.53 Å². The highest BCUT2D eigenvalue weighted by Crippen LogP contribution is 2.23. The van der Waals surface area contributed by atoms with Gasteiger partial charge in [-0.15, -0.1) is 0 Å². The van der Waals surface area contributed by atoms with Crippen molar-refractivity contribution in [1.29, 1.82) is 0 Å². The van der Waals surface area contributed by atoms with E-state index in [1.54, 1.807) is 0 Å². The van der Waals surface area contributed by atoms with Gasteiger partial charge < -0.3 is 10.1 Å². The molecule has 0 spiro atoms. The second-order valence-corrected chi connectivity index (χ2v) is 7.25. The first-order chi connectivity index (χ1) is 12.5. The van der Waals surface area contributed by atoms with E-state index < -0.39 is 0 Å². The van der Waals surface area contributed by atoms with Crippen LogP contribution in [0.1, 0.15) is 54.6 Å². The zero-order valence-electron chi connectivity index (χ0n) is 15.8. The third-order valence-corrected chi connectivity index (χ3v) is 5.09. The maximum atomic E-state index is 12.3. The molecule has 140 valence electrons. The summed E-state index contributed by atoms with van der Waals surface area (Å²) in [6, 6.07) is 4.18. The molecule has 2 N–H and O–H groups in total. The van der Waals surface area contributed by atoms with Gasteiger partial charge in [0.15, 0.2) is 0 Å². The minimum Gasteiger partial charge on any atom is -0.474 e. The maximum Gasteiger partial charge on any atom is 0.220 e. The van der Waals surface area contributed by atoms with Crippen molar-refractivity contribution in [3.63, 3.8) is 0 Å². The van der Waals surface area contributed by atoms with Gasteiger partial charge in [0.05, 0.1) is 5.69 Å². The van der Waals surface area contributed by atoms with Crippen molar-refractivity contribution in [2.75, 3.05) is 0 Å². The molecule has 1 saturated carbocycles. The number of nitrogens with zero attached hydrogens (tertiary/aromatic N) is 2. The average Bonchev–Trinajstić information content (AvgIpc) is 2.95. The molecule has 0 atom stereocenters. The van der Waals surface area contributed by atoms with E-state index in [0.717, 1.165) is 54.6 Å². The third-order valence-electron chi connectivity index (χ3n) is 5.09. The first kappa shape index (κ1) is 18.4. The van der Waals surface area contributed by atoms with Gasteiger partial charge in [0.25, 0.3) is 0 Å². The number of carbonyl (C=O) groups is 1. The summed E-state index contributed by atoms with van der Waals surface area (Å²) in [7, 11) is 0. The number of aryl methyl sites for hydroxylation is 3. The van der Waals surface area contributed by atoms with E-state index in [4.69, 9.17) is 4.74 Å². The standard InChI is InChI=1S/C20H28N4O2/c1-13-4-11-20(21-12-13)26-17-7-5-16(6-8-17)22-19(25)10-9-18-14(2)23-24-15(18)3/h4,11-12,16-17H,5-10H2,1-3H3,(H,22,25)(H,23,24). The maximum absolute atomic E-state index is 12.3. The Morgan fingerprint density at radius 2 is 2.00 bits per heavy atom. The van der Waals surface area contributed by atoms with Gasteiger partial charge in [-0.05, 0) is 64.0 Å². The molecule has 2 aromatic rings. The quantitative estimate of drug-likeness (QED) is 0.833. The van der Waals surface area contributed by atoms with Crippen LogP contribution in [0, 0.1) is 20.8 Å². The average molecular weight is 356 g/mol. The lowest BCUT2D eigenvalue weighted by Crippen LogP contribution is -2.39. The number of hydrogen-bond acceptors (Lipinski definition) is 4. The summed E-state index contributed by atoms with van der Waals surface area (Å²) >= 11 is 0. The van der Waals surface area contributed by atoms with Crippen LogP contribution in [0.2, 0.25) is 0 Å². The highest BCUT2D eigenvalue weighted by atomic mass is 16.5.